The highest BCUT2D eigenvalue weighted by atomic mass is 14.7. The molecule has 0 radical (unpaired) electrons. The van der Waals surface area contributed by atoms with Gasteiger partial charge in [-0.2, -0.15) is 5.26 Å². The van der Waals surface area contributed by atoms with Crippen LogP contribution in [0, 0.1) is 11.3 Å². The third-order valence-electron chi connectivity index (χ3n) is 4.08. The predicted octanol–water partition coefficient (Wildman–Crippen LogP) is 6.90. The van der Waals surface area contributed by atoms with Crippen molar-refractivity contribution < 1.29 is 0 Å². The summed E-state index contributed by atoms with van der Waals surface area (Å²) in [5.74, 6) is 0. The second kappa shape index (κ2) is 9.89. The molecule has 1 heterocycles. The first-order chi connectivity index (χ1) is 13.2. The van der Waals surface area contributed by atoms with Crippen molar-refractivity contribution in [1.82, 2.24) is 4.98 Å². The minimum atomic E-state index is 0.636. The number of allylic oxidation sites excluding steroid dienone is 3. The lowest BCUT2D eigenvalue weighted by Gasteiger charge is -2.09. The van der Waals surface area contributed by atoms with Crippen molar-refractivity contribution in [2.45, 2.75) is 20.8 Å². The molecule has 2 nitrogen and oxygen atoms in total. The second-order valence-corrected chi connectivity index (χ2v) is 5.65. The van der Waals surface area contributed by atoms with Crippen molar-refractivity contribution in [1.29, 1.82) is 5.26 Å². The molecule has 0 N–H and O–H groups in total. The van der Waals surface area contributed by atoms with Crippen LogP contribution in [0.25, 0.3) is 28.0 Å². The summed E-state index contributed by atoms with van der Waals surface area (Å²) in [6, 6.07) is 22.2. The minimum absolute atomic E-state index is 0.636. The molecule has 2 aromatic carbocycles. The van der Waals surface area contributed by atoms with Crippen LogP contribution in [-0.2, 0) is 0 Å². The molecule has 0 aliphatic carbocycles. The topological polar surface area (TPSA) is 36.7 Å². The van der Waals surface area contributed by atoms with Crippen LogP contribution in [0.1, 0.15) is 31.9 Å². The molecule has 2 heteroatoms. The number of aromatic nitrogens is 1. The van der Waals surface area contributed by atoms with Crippen molar-refractivity contribution in [3.63, 3.8) is 0 Å². The highest BCUT2D eigenvalue weighted by Crippen LogP contribution is 2.29. The molecule has 0 aliphatic rings. The minimum Gasteiger partial charge on any atom is -0.256 e. The number of nitrogens with zero attached hydrogens (tertiary/aromatic N) is 2. The van der Waals surface area contributed by atoms with E-state index in [1.165, 1.54) is 0 Å². The maximum atomic E-state index is 9.39. The van der Waals surface area contributed by atoms with Crippen LogP contribution >= 0.6 is 0 Å². The lowest BCUT2D eigenvalue weighted by Crippen LogP contribution is -1.88. The third-order valence-corrected chi connectivity index (χ3v) is 4.08. The Kier molecular flexibility index (Phi) is 7.28. The summed E-state index contributed by atoms with van der Waals surface area (Å²) in [6.07, 6.45) is 5.60. The van der Waals surface area contributed by atoms with Gasteiger partial charge in [-0.3, -0.25) is 4.98 Å². The highest BCUT2D eigenvalue weighted by Gasteiger charge is 2.07. The zero-order chi connectivity index (χ0) is 19.6. The first-order valence-electron chi connectivity index (χ1n) is 9.11. The largest absolute Gasteiger partial charge is 0.256 e. The zero-order valence-corrected chi connectivity index (χ0v) is 16.1. The Morgan fingerprint density at radius 3 is 2.37 bits per heavy atom. The molecule has 27 heavy (non-hydrogen) atoms. The molecular formula is C25H24N2. The van der Waals surface area contributed by atoms with Crippen LogP contribution in [-0.4, -0.2) is 4.98 Å². The number of rotatable bonds is 4. The fourth-order valence-corrected chi connectivity index (χ4v) is 2.82. The smallest absolute Gasteiger partial charge is 0.0992 e. The SMILES string of the molecule is C=C/C(=C\C)c1cc(C#N)cc(-c2cccc(-c3ccccn3)c2)c1.CC. The molecule has 0 aliphatic heterocycles. The van der Waals surface area contributed by atoms with Gasteiger partial charge < -0.3 is 0 Å². The van der Waals surface area contributed by atoms with Gasteiger partial charge in [0, 0.05) is 11.8 Å². The third kappa shape index (κ3) is 4.80. The van der Waals surface area contributed by atoms with E-state index in [2.05, 4.69) is 35.8 Å². The van der Waals surface area contributed by atoms with E-state index in [4.69, 9.17) is 0 Å². The van der Waals surface area contributed by atoms with E-state index in [1.807, 2.05) is 75.4 Å². The summed E-state index contributed by atoms with van der Waals surface area (Å²) >= 11 is 0. The van der Waals surface area contributed by atoms with Crippen molar-refractivity contribution in [3.8, 4) is 28.5 Å². The van der Waals surface area contributed by atoms with E-state index >= 15 is 0 Å². The summed E-state index contributed by atoms with van der Waals surface area (Å²) in [4.78, 5) is 4.42. The average Bonchev–Trinajstić information content (AvgIpc) is 2.76. The molecule has 1 aromatic heterocycles. The van der Waals surface area contributed by atoms with E-state index < -0.39 is 0 Å². The molecule has 0 unspecified atom stereocenters. The molecule has 0 amide bonds. The summed E-state index contributed by atoms with van der Waals surface area (Å²) in [5, 5.41) is 9.39. The lowest BCUT2D eigenvalue weighted by atomic mass is 9.95. The predicted molar refractivity (Wildman–Crippen MR) is 115 cm³/mol. The molecule has 0 atom stereocenters. The van der Waals surface area contributed by atoms with Crippen LogP contribution in [0.3, 0.4) is 0 Å². The van der Waals surface area contributed by atoms with Crippen molar-refractivity contribution >= 4 is 5.57 Å². The Bertz CT molecular complexity index is 977. The van der Waals surface area contributed by atoms with Gasteiger partial charge in [-0.15, -0.1) is 0 Å². The van der Waals surface area contributed by atoms with Gasteiger partial charge in [-0.25, -0.2) is 0 Å². The Balaban J connectivity index is 0.00000126. The number of pyridine rings is 1. The van der Waals surface area contributed by atoms with Crippen molar-refractivity contribution in [2.75, 3.05) is 0 Å². The number of nitriles is 1. The number of hydrogen-bond donors (Lipinski definition) is 0. The van der Waals surface area contributed by atoms with Gasteiger partial charge in [-0.05, 0) is 65.6 Å². The average molecular weight is 352 g/mol. The van der Waals surface area contributed by atoms with Crippen LogP contribution in [0.5, 0.6) is 0 Å². The number of benzene rings is 2. The molecule has 3 rings (SSSR count). The Morgan fingerprint density at radius 2 is 1.74 bits per heavy atom. The fraction of sp³-hybridized carbons (Fsp3) is 0.120. The first-order valence-corrected chi connectivity index (χ1v) is 9.11. The van der Waals surface area contributed by atoms with E-state index in [9.17, 15) is 5.26 Å². The van der Waals surface area contributed by atoms with E-state index in [-0.39, 0.29) is 0 Å². The van der Waals surface area contributed by atoms with Gasteiger partial charge in [0.05, 0.1) is 17.3 Å². The maximum Gasteiger partial charge on any atom is 0.0992 e. The second-order valence-electron chi connectivity index (χ2n) is 5.65. The van der Waals surface area contributed by atoms with Gasteiger partial charge in [-0.1, -0.05) is 56.8 Å². The quantitative estimate of drug-likeness (QED) is 0.479. The summed E-state index contributed by atoms with van der Waals surface area (Å²) < 4.78 is 0. The van der Waals surface area contributed by atoms with Crippen LogP contribution < -0.4 is 0 Å². The molecule has 0 fully saturated rings. The summed E-state index contributed by atoms with van der Waals surface area (Å²) in [5.41, 5.74) is 6.69. The molecule has 3 aromatic rings. The van der Waals surface area contributed by atoms with Gasteiger partial charge in [0.25, 0.3) is 0 Å². The standard InChI is InChI=1S/C23H18N2.C2H6/c1-3-18(4-2)21-12-17(16-24)13-22(15-21)19-8-7-9-20(14-19)23-10-5-6-11-25-23;1-2/h3-15H,1H2,2H3;1-2H3/b18-4+;. The molecule has 0 bridgehead atoms. The Labute approximate surface area is 162 Å². The van der Waals surface area contributed by atoms with Gasteiger partial charge >= 0.3 is 0 Å². The van der Waals surface area contributed by atoms with Crippen LogP contribution in [0.2, 0.25) is 0 Å². The Morgan fingerprint density at radius 1 is 0.963 bits per heavy atom. The zero-order valence-electron chi connectivity index (χ0n) is 16.1. The van der Waals surface area contributed by atoms with Crippen LogP contribution in [0.15, 0.2) is 85.6 Å². The van der Waals surface area contributed by atoms with E-state index in [0.29, 0.717) is 5.56 Å². The summed E-state index contributed by atoms with van der Waals surface area (Å²) in [7, 11) is 0. The normalized spacial score (nSPS) is 10.4. The molecular weight excluding hydrogens is 328 g/mol. The van der Waals surface area contributed by atoms with E-state index in [0.717, 1.165) is 33.5 Å². The monoisotopic (exact) mass is 352 g/mol. The number of hydrogen-bond acceptors (Lipinski definition) is 2. The van der Waals surface area contributed by atoms with Crippen molar-refractivity contribution in [3.05, 3.63) is 96.7 Å². The highest BCUT2D eigenvalue weighted by molar-refractivity contribution is 5.80. The Hall–Kier alpha value is -3.44. The molecule has 0 spiro atoms. The van der Waals surface area contributed by atoms with Gasteiger partial charge in [0.1, 0.15) is 0 Å². The molecule has 0 saturated carbocycles. The molecule has 0 saturated heterocycles. The lowest BCUT2D eigenvalue weighted by molar-refractivity contribution is 1.33. The van der Waals surface area contributed by atoms with Gasteiger partial charge in [0.15, 0.2) is 0 Å². The summed E-state index contributed by atoms with van der Waals surface area (Å²) in [6.45, 7) is 9.83. The first kappa shape index (κ1) is 19.9. The van der Waals surface area contributed by atoms with Crippen molar-refractivity contribution in [2.24, 2.45) is 0 Å². The van der Waals surface area contributed by atoms with E-state index in [1.54, 1.807) is 6.20 Å². The maximum absolute atomic E-state index is 9.39. The molecule has 134 valence electrons. The van der Waals surface area contributed by atoms with Gasteiger partial charge in [0.2, 0.25) is 0 Å². The van der Waals surface area contributed by atoms with Crippen LogP contribution in [0.4, 0.5) is 0 Å². The fourth-order valence-electron chi connectivity index (χ4n) is 2.82.